The Morgan fingerprint density at radius 2 is 1.97 bits per heavy atom. The maximum atomic E-state index is 12.8. The fourth-order valence-electron chi connectivity index (χ4n) is 3.24. The van der Waals surface area contributed by atoms with Crippen LogP contribution in [-0.2, 0) is 6.54 Å². The minimum Gasteiger partial charge on any atom is -0.361 e. The van der Waals surface area contributed by atoms with E-state index in [0.29, 0.717) is 11.3 Å². The van der Waals surface area contributed by atoms with Crippen LogP contribution >= 0.6 is 0 Å². The number of nitrogens with one attached hydrogen (secondary N) is 1. The molecule has 1 aromatic carbocycles. The third-order valence-electron chi connectivity index (χ3n) is 4.99. The molecule has 10 nitrogen and oxygen atoms in total. The molecule has 0 fully saturated rings. The SMILES string of the molecule is Cc1onc(C(=O)NC(C)c2ccc(-n3cccc3)cc2)c1Cn1cc([N+](=O)[O-])cn1. The second kappa shape index (κ2) is 8.27. The van der Waals surface area contributed by atoms with Crippen molar-refractivity contribution in [3.8, 4) is 5.69 Å². The first-order valence-corrected chi connectivity index (χ1v) is 9.58. The third-order valence-corrected chi connectivity index (χ3v) is 4.99. The van der Waals surface area contributed by atoms with Crippen molar-refractivity contribution in [2.24, 2.45) is 0 Å². The van der Waals surface area contributed by atoms with Crippen LogP contribution in [0.2, 0.25) is 0 Å². The molecule has 0 spiro atoms. The molecule has 0 aliphatic rings. The molecule has 1 N–H and O–H groups in total. The summed E-state index contributed by atoms with van der Waals surface area (Å²) in [5, 5.41) is 21.6. The Kier molecular flexibility index (Phi) is 5.35. The molecule has 10 heteroatoms. The zero-order valence-corrected chi connectivity index (χ0v) is 16.9. The molecule has 4 rings (SSSR count). The Hall–Kier alpha value is -4.21. The van der Waals surface area contributed by atoms with Crippen LogP contribution in [0.5, 0.6) is 0 Å². The van der Waals surface area contributed by atoms with Crippen molar-refractivity contribution >= 4 is 11.6 Å². The largest absolute Gasteiger partial charge is 0.361 e. The van der Waals surface area contributed by atoms with E-state index < -0.39 is 10.8 Å². The standard InChI is InChI=1S/C21H20N6O4/c1-14(16-5-7-17(8-6-16)25-9-3-4-10-25)23-21(28)20-19(15(2)31-24-20)13-26-12-18(11-22-26)27(29)30/h3-12,14H,13H2,1-2H3,(H,23,28). The summed E-state index contributed by atoms with van der Waals surface area (Å²) >= 11 is 0. The number of benzene rings is 1. The van der Waals surface area contributed by atoms with E-state index >= 15 is 0 Å². The summed E-state index contributed by atoms with van der Waals surface area (Å²) in [6.07, 6.45) is 6.37. The Bertz CT molecular complexity index is 1210. The molecule has 1 unspecified atom stereocenters. The van der Waals surface area contributed by atoms with E-state index in [1.54, 1.807) is 6.92 Å². The molecule has 0 bridgehead atoms. The van der Waals surface area contributed by atoms with Crippen LogP contribution in [0.3, 0.4) is 0 Å². The summed E-state index contributed by atoms with van der Waals surface area (Å²) < 4.78 is 8.57. The van der Waals surface area contributed by atoms with Gasteiger partial charge in [-0.2, -0.15) is 5.10 Å². The molecule has 3 heterocycles. The van der Waals surface area contributed by atoms with Crippen molar-refractivity contribution in [1.82, 2.24) is 24.8 Å². The monoisotopic (exact) mass is 420 g/mol. The van der Waals surface area contributed by atoms with E-state index in [1.165, 1.54) is 10.9 Å². The molecule has 0 saturated heterocycles. The zero-order valence-electron chi connectivity index (χ0n) is 16.9. The third kappa shape index (κ3) is 4.22. The van der Waals surface area contributed by atoms with Crippen LogP contribution < -0.4 is 5.32 Å². The van der Waals surface area contributed by atoms with E-state index in [0.717, 1.165) is 17.4 Å². The highest BCUT2D eigenvalue weighted by Gasteiger charge is 2.23. The first-order chi connectivity index (χ1) is 14.9. The summed E-state index contributed by atoms with van der Waals surface area (Å²) in [4.78, 5) is 23.2. The first-order valence-electron chi connectivity index (χ1n) is 9.58. The van der Waals surface area contributed by atoms with Gasteiger partial charge >= 0.3 is 5.69 Å². The Morgan fingerprint density at radius 1 is 1.26 bits per heavy atom. The Labute approximate surface area is 177 Å². The predicted molar refractivity (Wildman–Crippen MR) is 111 cm³/mol. The minimum absolute atomic E-state index is 0.128. The van der Waals surface area contributed by atoms with Gasteiger partial charge in [-0.15, -0.1) is 0 Å². The summed E-state index contributed by atoms with van der Waals surface area (Å²) in [6.45, 7) is 3.69. The van der Waals surface area contributed by atoms with Gasteiger partial charge in [0.15, 0.2) is 5.69 Å². The fourth-order valence-corrected chi connectivity index (χ4v) is 3.24. The molecule has 0 aliphatic carbocycles. The number of hydrogen-bond donors (Lipinski definition) is 1. The molecular weight excluding hydrogens is 400 g/mol. The molecule has 3 aromatic heterocycles. The van der Waals surface area contributed by atoms with Gasteiger partial charge in [0.05, 0.1) is 17.5 Å². The fraction of sp³-hybridized carbons (Fsp3) is 0.190. The molecule has 0 radical (unpaired) electrons. The number of aryl methyl sites for hydroxylation is 1. The topological polar surface area (TPSA) is 121 Å². The average molecular weight is 420 g/mol. The van der Waals surface area contributed by atoms with E-state index in [-0.39, 0.29) is 24.0 Å². The maximum Gasteiger partial charge on any atom is 0.307 e. The lowest BCUT2D eigenvalue weighted by Crippen LogP contribution is -2.28. The summed E-state index contributed by atoms with van der Waals surface area (Å²) in [5.41, 5.74) is 2.48. The maximum absolute atomic E-state index is 12.8. The Morgan fingerprint density at radius 3 is 2.61 bits per heavy atom. The number of carbonyl (C=O) groups is 1. The number of aromatic nitrogens is 4. The molecular formula is C21H20N6O4. The summed E-state index contributed by atoms with van der Waals surface area (Å²) in [6, 6.07) is 11.5. The molecule has 4 aromatic rings. The lowest BCUT2D eigenvalue weighted by atomic mass is 10.1. The quantitative estimate of drug-likeness (QED) is 0.361. The van der Waals surface area contributed by atoms with Crippen molar-refractivity contribution in [3.05, 3.63) is 93.9 Å². The van der Waals surface area contributed by atoms with Crippen LogP contribution in [0.1, 0.15) is 40.3 Å². The molecule has 0 aliphatic heterocycles. The van der Waals surface area contributed by atoms with Gasteiger partial charge in [0.1, 0.15) is 18.2 Å². The second-order valence-corrected chi connectivity index (χ2v) is 7.10. The van der Waals surface area contributed by atoms with E-state index in [4.69, 9.17) is 4.52 Å². The predicted octanol–water partition coefficient (Wildman–Crippen LogP) is 3.42. The smallest absolute Gasteiger partial charge is 0.307 e. The molecule has 0 saturated carbocycles. The number of hydrogen-bond acceptors (Lipinski definition) is 6. The normalized spacial score (nSPS) is 11.9. The zero-order chi connectivity index (χ0) is 22.0. The highest BCUT2D eigenvalue weighted by atomic mass is 16.6. The molecule has 1 amide bonds. The highest BCUT2D eigenvalue weighted by Crippen LogP contribution is 2.20. The van der Waals surface area contributed by atoms with Gasteiger partial charge in [-0.1, -0.05) is 17.3 Å². The lowest BCUT2D eigenvalue weighted by Gasteiger charge is -2.15. The van der Waals surface area contributed by atoms with Crippen molar-refractivity contribution in [3.63, 3.8) is 0 Å². The van der Waals surface area contributed by atoms with Crippen molar-refractivity contribution in [1.29, 1.82) is 0 Å². The highest BCUT2D eigenvalue weighted by molar-refractivity contribution is 5.94. The number of nitrogens with zero attached hydrogens (tertiary/aromatic N) is 5. The van der Waals surface area contributed by atoms with E-state index in [1.807, 2.05) is 60.3 Å². The van der Waals surface area contributed by atoms with Gasteiger partial charge in [0.2, 0.25) is 0 Å². The van der Waals surface area contributed by atoms with Crippen LogP contribution in [0.25, 0.3) is 5.69 Å². The van der Waals surface area contributed by atoms with E-state index in [9.17, 15) is 14.9 Å². The van der Waals surface area contributed by atoms with Gasteiger partial charge in [-0.25, -0.2) is 0 Å². The van der Waals surface area contributed by atoms with Gasteiger partial charge in [0.25, 0.3) is 5.91 Å². The van der Waals surface area contributed by atoms with Crippen LogP contribution in [0.15, 0.2) is 65.7 Å². The van der Waals surface area contributed by atoms with Gasteiger partial charge in [-0.05, 0) is 43.7 Å². The number of amides is 1. The van der Waals surface area contributed by atoms with Crippen molar-refractivity contribution in [2.45, 2.75) is 26.4 Å². The second-order valence-electron chi connectivity index (χ2n) is 7.10. The molecule has 1 atom stereocenters. The van der Waals surface area contributed by atoms with Crippen molar-refractivity contribution < 1.29 is 14.2 Å². The van der Waals surface area contributed by atoms with Crippen LogP contribution in [0, 0.1) is 17.0 Å². The summed E-state index contributed by atoms with van der Waals surface area (Å²) in [7, 11) is 0. The number of nitro groups is 1. The lowest BCUT2D eigenvalue weighted by molar-refractivity contribution is -0.385. The Balaban J connectivity index is 1.47. The average Bonchev–Trinajstić information content (AvgIpc) is 3.51. The van der Waals surface area contributed by atoms with Crippen LogP contribution in [0.4, 0.5) is 5.69 Å². The number of rotatable bonds is 7. The van der Waals surface area contributed by atoms with E-state index in [2.05, 4.69) is 15.6 Å². The van der Waals surface area contributed by atoms with Gasteiger partial charge in [-0.3, -0.25) is 19.6 Å². The minimum atomic E-state index is -0.527. The molecule has 158 valence electrons. The van der Waals surface area contributed by atoms with Gasteiger partial charge < -0.3 is 14.4 Å². The van der Waals surface area contributed by atoms with Crippen LogP contribution in [-0.4, -0.2) is 30.3 Å². The van der Waals surface area contributed by atoms with Crippen molar-refractivity contribution in [2.75, 3.05) is 0 Å². The number of carbonyl (C=O) groups excluding carboxylic acids is 1. The molecule has 31 heavy (non-hydrogen) atoms. The summed E-state index contributed by atoms with van der Waals surface area (Å²) in [5.74, 6) is 0.0579. The van der Waals surface area contributed by atoms with Gasteiger partial charge in [0, 0.05) is 23.6 Å². The first kappa shape index (κ1) is 20.1.